The Balaban J connectivity index is 0.000000161. The zero-order valence-electron chi connectivity index (χ0n) is 50.9. The standard InChI is InChI=1S/C27H30N6O3.C22H22N6O.C18H21BO3.CH4.ClH/c1-27(2,3)36-26(34)32(4)18-14-19(15-18)33-25-22(24(28)29-16-30-25)23(31-33)17-10-12-21(13-11-17)35-20-8-6-5-7-9-20;1-24-15-11-16(12-15)28-22-19(21(23)25-13-26-22)20(27-28)14-7-9-18(10-8-14)29-17-5-3-2-4-6-17;1-17(2)18(3,4)22-19(21-17)14-10-12-16(13-11-14)20-15-8-6-5-7-9-15;;/h5-13,16,18-19H,14-15H2,1-4H3,(H2,28,29,30);2-10,13,15-16,24H,11-12H2,1H3,(H2,23,25,26);5-13H,1-4H3;1H4;1H. The van der Waals surface area contributed by atoms with Crippen molar-refractivity contribution >= 4 is 64.8 Å². The van der Waals surface area contributed by atoms with E-state index < -0.39 is 5.60 Å². The van der Waals surface area contributed by atoms with Gasteiger partial charge < -0.3 is 49.9 Å². The lowest BCUT2D eigenvalue weighted by Crippen LogP contribution is -2.48. The lowest BCUT2D eigenvalue weighted by molar-refractivity contribution is 0.00578. The van der Waals surface area contributed by atoms with E-state index in [-0.39, 0.29) is 56.3 Å². The average molecular weight is 1220 g/mol. The maximum Gasteiger partial charge on any atom is 0.494 e. The van der Waals surface area contributed by atoms with Gasteiger partial charge in [-0.3, -0.25) is 0 Å². The number of aromatic nitrogens is 8. The molecule has 21 heteroatoms. The number of hydrogen-bond donors (Lipinski definition) is 3. The molecule has 10 aromatic rings. The minimum atomic E-state index is -0.530. The summed E-state index contributed by atoms with van der Waals surface area (Å²) >= 11 is 0. The highest BCUT2D eigenvalue weighted by molar-refractivity contribution is 6.62. The van der Waals surface area contributed by atoms with Crippen molar-refractivity contribution in [2.75, 3.05) is 25.6 Å². The van der Waals surface area contributed by atoms with Crippen molar-refractivity contribution in [3.8, 4) is 57.0 Å². The number of hydrogen-bond acceptors (Lipinski definition) is 16. The second-order valence-electron chi connectivity index (χ2n) is 23.9. The third kappa shape index (κ3) is 14.6. The molecule has 4 aromatic heterocycles. The predicted octanol–water partition coefficient (Wildman–Crippen LogP) is 14.1. The first-order chi connectivity index (χ1) is 41.8. The number of carbonyl (C=O) groups is 1. The summed E-state index contributed by atoms with van der Waals surface area (Å²) in [6, 6.07) is 53.5. The molecular formula is C68H78BClN12O7. The molecule has 3 fully saturated rings. The van der Waals surface area contributed by atoms with Crippen LogP contribution in [-0.2, 0) is 14.0 Å². The molecule has 1 aliphatic heterocycles. The number of halogens is 1. The molecule has 13 rings (SSSR count). The minimum Gasteiger partial charge on any atom is -0.457 e. The van der Waals surface area contributed by atoms with Crippen molar-refractivity contribution < 1.29 is 33.1 Å². The number of anilines is 2. The van der Waals surface area contributed by atoms with E-state index >= 15 is 0 Å². The zero-order valence-corrected chi connectivity index (χ0v) is 51.7. The van der Waals surface area contributed by atoms with Gasteiger partial charge in [0.15, 0.2) is 11.3 Å². The minimum absolute atomic E-state index is 0. The SMILES string of the molecule is C.CC1(C)OB(c2ccc(Oc3ccccc3)cc2)OC1(C)C.CN(C(=O)OC(C)(C)C)C1CC(n2nc(-c3ccc(Oc4ccccc4)cc3)c3c(N)ncnc32)C1.CNC1CC(n2nc(-c3ccc(Oc4ccccc4)cc3)c3c(N)ncnc32)C1.Cl. The predicted molar refractivity (Wildman–Crippen MR) is 353 cm³/mol. The second-order valence-corrected chi connectivity index (χ2v) is 23.9. The molecule has 5 N–H and O–H groups in total. The number of ether oxygens (including phenoxy) is 4. The number of nitrogens with one attached hydrogen (secondary N) is 1. The molecular weight excluding hydrogens is 1140 g/mol. The number of fused-ring (bicyclic) bond motifs is 2. The number of amides is 1. The van der Waals surface area contributed by atoms with Crippen molar-refractivity contribution in [1.82, 2.24) is 49.7 Å². The topological polar surface area (TPSA) is 227 Å². The fourth-order valence-electron chi connectivity index (χ4n) is 10.4. The van der Waals surface area contributed by atoms with Crippen LogP contribution in [0.1, 0.15) is 93.7 Å². The lowest BCUT2D eigenvalue weighted by atomic mass is 9.79. The molecule has 5 heterocycles. The van der Waals surface area contributed by atoms with Crippen LogP contribution in [-0.4, -0.2) is 101 Å². The first-order valence-electron chi connectivity index (χ1n) is 29.3. The molecule has 462 valence electrons. The van der Waals surface area contributed by atoms with E-state index in [1.165, 1.54) is 12.7 Å². The van der Waals surface area contributed by atoms with Crippen LogP contribution in [0.2, 0.25) is 0 Å². The molecule has 1 saturated heterocycles. The molecule has 19 nitrogen and oxygen atoms in total. The van der Waals surface area contributed by atoms with Crippen LogP contribution in [0.4, 0.5) is 16.4 Å². The highest BCUT2D eigenvalue weighted by atomic mass is 35.5. The average Bonchev–Trinajstić information content (AvgIpc) is 1.73. The van der Waals surface area contributed by atoms with Gasteiger partial charge in [-0.2, -0.15) is 10.2 Å². The number of carbonyl (C=O) groups excluding carboxylic acids is 1. The van der Waals surface area contributed by atoms with Crippen molar-refractivity contribution in [2.24, 2.45) is 0 Å². The van der Waals surface area contributed by atoms with Crippen LogP contribution in [0.25, 0.3) is 44.6 Å². The fraction of sp³-hybridized carbons (Fsp3) is 0.309. The molecule has 6 aromatic carbocycles. The van der Waals surface area contributed by atoms with E-state index in [1.807, 2.05) is 201 Å². The zero-order chi connectivity index (χ0) is 61.0. The Bertz CT molecular complexity index is 3940. The van der Waals surface area contributed by atoms with Gasteiger partial charge in [0.05, 0.1) is 34.1 Å². The third-order valence-electron chi connectivity index (χ3n) is 16.2. The van der Waals surface area contributed by atoms with Crippen LogP contribution in [0.3, 0.4) is 0 Å². The van der Waals surface area contributed by atoms with E-state index in [2.05, 4.69) is 52.9 Å². The van der Waals surface area contributed by atoms with Gasteiger partial charge in [-0.1, -0.05) is 74.2 Å². The molecule has 0 spiro atoms. The Hall–Kier alpha value is -9.08. The van der Waals surface area contributed by atoms with Gasteiger partial charge in [-0.15, -0.1) is 12.4 Å². The highest BCUT2D eigenvalue weighted by Gasteiger charge is 2.51. The summed E-state index contributed by atoms with van der Waals surface area (Å²) in [5.41, 5.74) is 17.2. The van der Waals surface area contributed by atoms with E-state index in [9.17, 15) is 4.79 Å². The number of benzene rings is 6. The van der Waals surface area contributed by atoms with Gasteiger partial charge in [0, 0.05) is 30.3 Å². The maximum atomic E-state index is 12.5. The van der Waals surface area contributed by atoms with Gasteiger partial charge in [-0.05, 0) is 184 Å². The third-order valence-corrected chi connectivity index (χ3v) is 16.2. The summed E-state index contributed by atoms with van der Waals surface area (Å²) < 4.78 is 39.1. The van der Waals surface area contributed by atoms with Crippen LogP contribution >= 0.6 is 12.4 Å². The van der Waals surface area contributed by atoms with E-state index in [0.717, 1.165) is 105 Å². The van der Waals surface area contributed by atoms with E-state index in [1.54, 1.807) is 11.9 Å². The Labute approximate surface area is 526 Å². The molecule has 1 amide bonds. The number of nitrogen functional groups attached to an aromatic ring is 2. The van der Waals surface area contributed by atoms with Gasteiger partial charge in [0.25, 0.3) is 0 Å². The summed E-state index contributed by atoms with van der Waals surface area (Å²) in [6.07, 6.45) is 6.20. The second kappa shape index (κ2) is 27.1. The van der Waals surface area contributed by atoms with E-state index in [4.69, 9.17) is 49.9 Å². The van der Waals surface area contributed by atoms with Crippen molar-refractivity contribution in [3.63, 3.8) is 0 Å². The van der Waals surface area contributed by atoms with Gasteiger partial charge >= 0.3 is 13.2 Å². The Morgan fingerprint density at radius 2 is 0.933 bits per heavy atom. The van der Waals surface area contributed by atoms with Crippen molar-refractivity contribution in [3.05, 3.63) is 176 Å². The number of nitrogens with two attached hydrogens (primary N) is 2. The summed E-state index contributed by atoms with van der Waals surface area (Å²) in [4.78, 5) is 31.5. The number of rotatable bonds is 13. The first kappa shape index (κ1) is 64.4. The summed E-state index contributed by atoms with van der Waals surface area (Å²) in [5.74, 6) is 5.52. The van der Waals surface area contributed by atoms with Gasteiger partial charge in [0.1, 0.15) is 75.8 Å². The molecule has 0 bridgehead atoms. The molecule has 0 unspecified atom stereocenters. The van der Waals surface area contributed by atoms with Crippen molar-refractivity contribution in [1.29, 1.82) is 0 Å². The monoisotopic (exact) mass is 1220 g/mol. The molecule has 2 saturated carbocycles. The smallest absolute Gasteiger partial charge is 0.457 e. The Morgan fingerprint density at radius 1 is 0.573 bits per heavy atom. The number of nitrogens with zero attached hydrogens (tertiary/aromatic N) is 9. The van der Waals surface area contributed by atoms with Crippen molar-refractivity contribution in [2.45, 2.75) is 123 Å². The van der Waals surface area contributed by atoms with Gasteiger partial charge in [-0.25, -0.2) is 34.1 Å². The van der Waals surface area contributed by atoms with Gasteiger partial charge in [0.2, 0.25) is 0 Å². The summed E-state index contributed by atoms with van der Waals surface area (Å²) in [5, 5.41) is 14.6. The van der Waals surface area contributed by atoms with Crippen LogP contribution in [0, 0.1) is 0 Å². The Kier molecular flexibility index (Phi) is 19.6. The first-order valence-corrected chi connectivity index (χ1v) is 29.3. The maximum absolute atomic E-state index is 12.5. The molecule has 89 heavy (non-hydrogen) atoms. The molecule has 2 aliphatic carbocycles. The highest BCUT2D eigenvalue weighted by Crippen LogP contribution is 2.42. The lowest BCUT2D eigenvalue weighted by Gasteiger charge is -2.41. The quantitative estimate of drug-likeness (QED) is 0.0912. The fourth-order valence-corrected chi connectivity index (χ4v) is 10.4. The van der Waals surface area contributed by atoms with Crippen LogP contribution < -0.4 is 36.5 Å². The van der Waals surface area contributed by atoms with E-state index in [0.29, 0.717) is 29.4 Å². The summed E-state index contributed by atoms with van der Waals surface area (Å²) in [7, 11) is 3.43. The molecule has 0 radical (unpaired) electrons. The largest absolute Gasteiger partial charge is 0.494 e. The Morgan fingerprint density at radius 3 is 1.30 bits per heavy atom. The normalized spacial score (nSPS) is 17.8. The van der Waals surface area contributed by atoms with Crippen LogP contribution in [0.15, 0.2) is 176 Å². The molecule has 0 atom stereocenters. The molecule has 3 aliphatic rings. The summed E-state index contributed by atoms with van der Waals surface area (Å²) in [6.45, 7) is 13.8. The number of para-hydroxylation sites is 3. The van der Waals surface area contributed by atoms with Crippen LogP contribution in [0.5, 0.6) is 34.5 Å².